The second kappa shape index (κ2) is 7.29. The zero-order valence-electron chi connectivity index (χ0n) is 15.2. The van der Waals surface area contributed by atoms with Crippen molar-refractivity contribution in [2.24, 2.45) is 0 Å². The van der Waals surface area contributed by atoms with Crippen LogP contribution in [0.4, 0.5) is 22.4 Å². The lowest BCUT2D eigenvalue weighted by Gasteiger charge is -2.39. The zero-order valence-corrected chi connectivity index (χ0v) is 15.2. The predicted octanol–water partition coefficient (Wildman–Crippen LogP) is 3.81. The Morgan fingerprint density at radius 3 is 2.75 bits per heavy atom. The summed E-state index contributed by atoms with van der Waals surface area (Å²) in [4.78, 5) is 16.7. The number of alkyl halides is 3. The standard InChI is InChI=1S/C19H19F4N3O2/c1-11-5-6-13(10-14(11)20)18(26-17(27)25-12(2)19(21,22)23)7-9-28-15-4-3-8-24-16(15)18/h3-6,8,10,12H,7,9H2,1-2H3,(H2,25,26,27)/t12-,18-/m0/s1. The number of rotatable bonds is 3. The number of nitrogens with one attached hydrogen (secondary N) is 2. The van der Waals surface area contributed by atoms with Crippen LogP contribution in [-0.4, -0.2) is 29.8 Å². The molecule has 2 N–H and O–H groups in total. The lowest BCUT2D eigenvalue weighted by Crippen LogP contribution is -2.56. The molecule has 2 amide bonds. The highest BCUT2D eigenvalue weighted by molar-refractivity contribution is 5.76. The fourth-order valence-electron chi connectivity index (χ4n) is 3.10. The van der Waals surface area contributed by atoms with Crippen molar-refractivity contribution >= 4 is 6.03 Å². The van der Waals surface area contributed by atoms with Crippen LogP contribution >= 0.6 is 0 Å². The Balaban J connectivity index is 2.04. The number of carbonyl (C=O) groups is 1. The Hall–Kier alpha value is -2.84. The van der Waals surface area contributed by atoms with E-state index in [1.165, 1.54) is 12.3 Å². The van der Waals surface area contributed by atoms with Gasteiger partial charge in [0.05, 0.1) is 6.61 Å². The Bertz CT molecular complexity index is 888. The number of nitrogens with zero attached hydrogens (tertiary/aromatic N) is 1. The number of hydrogen-bond donors (Lipinski definition) is 2. The largest absolute Gasteiger partial charge is 0.491 e. The first kappa shape index (κ1) is 19.9. The molecule has 2 aromatic rings. The van der Waals surface area contributed by atoms with Gasteiger partial charge in [-0.05, 0) is 43.2 Å². The van der Waals surface area contributed by atoms with E-state index in [1.54, 1.807) is 31.2 Å². The second-order valence-electron chi connectivity index (χ2n) is 6.68. The quantitative estimate of drug-likeness (QED) is 0.775. The Labute approximate surface area is 159 Å². The monoisotopic (exact) mass is 397 g/mol. The van der Waals surface area contributed by atoms with Gasteiger partial charge in [-0.15, -0.1) is 0 Å². The van der Waals surface area contributed by atoms with E-state index in [2.05, 4.69) is 10.3 Å². The van der Waals surface area contributed by atoms with Crippen molar-refractivity contribution in [3.63, 3.8) is 0 Å². The Kier molecular flexibility index (Phi) is 5.18. The number of halogens is 4. The second-order valence-corrected chi connectivity index (χ2v) is 6.68. The number of amides is 2. The molecule has 2 heterocycles. The van der Waals surface area contributed by atoms with Crippen molar-refractivity contribution in [1.29, 1.82) is 0 Å². The first-order valence-electron chi connectivity index (χ1n) is 8.64. The van der Waals surface area contributed by atoms with Crippen molar-refractivity contribution in [3.05, 3.63) is 59.2 Å². The summed E-state index contributed by atoms with van der Waals surface area (Å²) in [5.41, 5.74) is -0.256. The third-order valence-corrected chi connectivity index (χ3v) is 4.74. The fourth-order valence-corrected chi connectivity index (χ4v) is 3.10. The average molecular weight is 397 g/mol. The molecule has 1 aromatic carbocycles. The van der Waals surface area contributed by atoms with Crippen LogP contribution in [0.1, 0.15) is 30.2 Å². The van der Waals surface area contributed by atoms with E-state index < -0.39 is 29.6 Å². The van der Waals surface area contributed by atoms with Crippen LogP contribution in [-0.2, 0) is 5.54 Å². The van der Waals surface area contributed by atoms with Gasteiger partial charge >= 0.3 is 12.2 Å². The smallest absolute Gasteiger partial charge is 0.408 e. The molecule has 0 saturated carbocycles. The first-order chi connectivity index (χ1) is 13.1. The summed E-state index contributed by atoms with van der Waals surface area (Å²) in [5, 5.41) is 4.48. The lowest BCUT2D eigenvalue weighted by molar-refractivity contribution is -0.148. The van der Waals surface area contributed by atoms with Gasteiger partial charge in [0.25, 0.3) is 0 Å². The van der Waals surface area contributed by atoms with Crippen LogP contribution < -0.4 is 15.4 Å². The number of fused-ring (bicyclic) bond motifs is 1. The van der Waals surface area contributed by atoms with Gasteiger partial charge in [-0.1, -0.05) is 12.1 Å². The van der Waals surface area contributed by atoms with Crippen molar-refractivity contribution in [2.75, 3.05) is 6.61 Å². The number of ether oxygens (including phenoxy) is 1. The molecular weight excluding hydrogens is 378 g/mol. The van der Waals surface area contributed by atoms with E-state index in [0.29, 0.717) is 22.6 Å². The maximum atomic E-state index is 14.3. The van der Waals surface area contributed by atoms with Gasteiger partial charge in [-0.2, -0.15) is 13.2 Å². The number of aryl methyl sites for hydroxylation is 1. The topological polar surface area (TPSA) is 63.2 Å². The van der Waals surface area contributed by atoms with Gasteiger partial charge in [0, 0.05) is 12.6 Å². The minimum Gasteiger partial charge on any atom is -0.491 e. The van der Waals surface area contributed by atoms with Crippen LogP contribution in [0.5, 0.6) is 5.75 Å². The normalized spacial score (nSPS) is 19.9. The Morgan fingerprint density at radius 1 is 1.32 bits per heavy atom. The minimum absolute atomic E-state index is 0.170. The van der Waals surface area contributed by atoms with E-state index in [-0.39, 0.29) is 13.0 Å². The van der Waals surface area contributed by atoms with Crippen LogP contribution in [0.25, 0.3) is 0 Å². The predicted molar refractivity (Wildman–Crippen MR) is 93.5 cm³/mol. The highest BCUT2D eigenvalue weighted by atomic mass is 19.4. The molecule has 1 aromatic heterocycles. The zero-order chi connectivity index (χ0) is 20.5. The third-order valence-electron chi connectivity index (χ3n) is 4.74. The van der Waals surface area contributed by atoms with Gasteiger partial charge in [-0.3, -0.25) is 4.98 Å². The summed E-state index contributed by atoms with van der Waals surface area (Å²) in [6.07, 6.45) is -2.94. The number of aromatic nitrogens is 1. The maximum Gasteiger partial charge on any atom is 0.408 e. The molecule has 9 heteroatoms. The molecule has 5 nitrogen and oxygen atoms in total. The van der Waals surface area contributed by atoms with Crippen molar-refractivity contribution in [1.82, 2.24) is 15.6 Å². The summed E-state index contributed by atoms with van der Waals surface area (Å²) in [6, 6.07) is 4.60. The van der Waals surface area contributed by atoms with Gasteiger partial charge in [0.1, 0.15) is 28.8 Å². The summed E-state index contributed by atoms with van der Waals surface area (Å²) in [6.45, 7) is 2.60. The summed E-state index contributed by atoms with van der Waals surface area (Å²) < 4.78 is 58.3. The van der Waals surface area contributed by atoms with E-state index in [9.17, 15) is 22.4 Å². The molecule has 1 aliphatic rings. The molecule has 0 aliphatic carbocycles. The van der Waals surface area contributed by atoms with Gasteiger partial charge < -0.3 is 15.4 Å². The summed E-state index contributed by atoms with van der Waals surface area (Å²) >= 11 is 0. The number of urea groups is 1. The average Bonchev–Trinajstić information content (AvgIpc) is 2.63. The van der Waals surface area contributed by atoms with E-state index in [0.717, 1.165) is 6.92 Å². The van der Waals surface area contributed by atoms with Crippen molar-refractivity contribution in [2.45, 2.75) is 38.0 Å². The maximum absolute atomic E-state index is 14.3. The number of carbonyl (C=O) groups excluding carboxylic acids is 1. The lowest BCUT2D eigenvalue weighted by atomic mass is 9.81. The molecule has 0 unspecified atom stereocenters. The van der Waals surface area contributed by atoms with Crippen molar-refractivity contribution in [3.8, 4) is 5.75 Å². The molecule has 2 atom stereocenters. The molecule has 0 saturated heterocycles. The van der Waals surface area contributed by atoms with E-state index in [4.69, 9.17) is 4.74 Å². The molecule has 150 valence electrons. The molecule has 0 bridgehead atoms. The molecule has 28 heavy (non-hydrogen) atoms. The van der Waals surface area contributed by atoms with Gasteiger partial charge in [0.15, 0.2) is 0 Å². The van der Waals surface area contributed by atoms with Crippen LogP contribution in [0.2, 0.25) is 0 Å². The molecule has 3 rings (SSSR count). The van der Waals surface area contributed by atoms with Crippen LogP contribution in [0.15, 0.2) is 36.5 Å². The molecular formula is C19H19F4N3O2. The molecule has 1 aliphatic heterocycles. The van der Waals surface area contributed by atoms with Gasteiger partial charge in [0.2, 0.25) is 0 Å². The van der Waals surface area contributed by atoms with Crippen molar-refractivity contribution < 1.29 is 27.1 Å². The van der Waals surface area contributed by atoms with E-state index in [1.807, 2.05) is 5.32 Å². The number of benzene rings is 1. The Morgan fingerprint density at radius 2 is 2.07 bits per heavy atom. The number of pyridine rings is 1. The number of hydrogen-bond acceptors (Lipinski definition) is 3. The van der Waals surface area contributed by atoms with Crippen LogP contribution in [0, 0.1) is 12.7 Å². The van der Waals surface area contributed by atoms with Crippen LogP contribution in [0.3, 0.4) is 0 Å². The summed E-state index contributed by atoms with van der Waals surface area (Å²) in [7, 11) is 0. The minimum atomic E-state index is -4.59. The molecule has 0 spiro atoms. The SMILES string of the molecule is Cc1ccc([C@@]2(NC(=O)N[C@@H](C)C(F)(F)F)CCOc3cccnc32)cc1F. The third kappa shape index (κ3) is 3.74. The first-order valence-corrected chi connectivity index (χ1v) is 8.64. The summed E-state index contributed by atoms with van der Waals surface area (Å²) in [5.74, 6) is -0.120. The van der Waals surface area contributed by atoms with Gasteiger partial charge in [-0.25, -0.2) is 9.18 Å². The fraction of sp³-hybridized carbons (Fsp3) is 0.368. The molecule has 0 fully saturated rings. The highest BCUT2D eigenvalue weighted by Gasteiger charge is 2.44. The van der Waals surface area contributed by atoms with E-state index >= 15 is 0 Å². The molecule has 0 radical (unpaired) electrons. The highest BCUT2D eigenvalue weighted by Crippen LogP contribution is 2.40.